The number of unbranched alkanes of at least 4 members (excludes halogenated alkanes) is 1. The van der Waals surface area contributed by atoms with E-state index in [-0.39, 0.29) is 25.0 Å². The van der Waals surface area contributed by atoms with E-state index in [0.717, 1.165) is 77.8 Å². The SMILES string of the molecule is CCCCC1=NC2(CCCC2)C(=O)N1Cc1ccc(-c2ccccc2-c2nnn(COC(=O)Oc3ccc(CO[N+](=O)[O-])cc3)n2)cc1. The molecule has 1 saturated carbocycles. The van der Waals surface area contributed by atoms with Gasteiger partial charge in [-0.1, -0.05) is 86.8 Å². The minimum Gasteiger partial charge on any atom is -0.409 e. The maximum absolute atomic E-state index is 13.5. The number of amidine groups is 1. The van der Waals surface area contributed by atoms with Crippen LogP contribution in [0.2, 0.25) is 0 Å². The summed E-state index contributed by atoms with van der Waals surface area (Å²) in [5, 5.41) is 22.0. The van der Waals surface area contributed by atoms with Crippen LogP contribution in [0.3, 0.4) is 0 Å². The zero-order chi connectivity index (χ0) is 33.5. The van der Waals surface area contributed by atoms with Gasteiger partial charge in [-0.25, -0.2) is 4.79 Å². The number of benzene rings is 3. The van der Waals surface area contributed by atoms with Gasteiger partial charge in [-0.15, -0.1) is 25.1 Å². The Balaban J connectivity index is 1.08. The maximum atomic E-state index is 13.5. The molecule has 1 aliphatic heterocycles. The minimum atomic E-state index is -0.985. The molecule has 2 aliphatic rings. The van der Waals surface area contributed by atoms with Crippen molar-refractivity contribution in [2.45, 2.75) is 77.3 Å². The molecule has 0 unspecified atom stereocenters. The van der Waals surface area contributed by atoms with E-state index in [0.29, 0.717) is 17.9 Å². The monoisotopic (exact) mass is 653 g/mol. The van der Waals surface area contributed by atoms with E-state index in [9.17, 15) is 19.7 Å². The van der Waals surface area contributed by atoms with E-state index < -0.39 is 16.8 Å². The zero-order valence-corrected chi connectivity index (χ0v) is 26.5. The van der Waals surface area contributed by atoms with Crippen molar-refractivity contribution in [3.8, 4) is 28.3 Å². The van der Waals surface area contributed by atoms with Crippen molar-refractivity contribution in [1.82, 2.24) is 25.1 Å². The molecule has 6 rings (SSSR count). The summed E-state index contributed by atoms with van der Waals surface area (Å²) < 4.78 is 10.3. The number of amides is 1. The summed E-state index contributed by atoms with van der Waals surface area (Å²) in [6.45, 7) is 2.09. The molecule has 0 bridgehead atoms. The lowest BCUT2D eigenvalue weighted by Crippen LogP contribution is -2.40. The largest absolute Gasteiger partial charge is 0.515 e. The highest BCUT2D eigenvalue weighted by Crippen LogP contribution is 2.40. The van der Waals surface area contributed by atoms with Crippen LogP contribution in [0.1, 0.15) is 63.0 Å². The Morgan fingerprint density at radius 1 is 0.979 bits per heavy atom. The third-order valence-corrected chi connectivity index (χ3v) is 8.47. The Bertz CT molecular complexity index is 1800. The predicted octanol–water partition coefficient (Wildman–Crippen LogP) is 6.13. The summed E-state index contributed by atoms with van der Waals surface area (Å²) in [5.74, 6) is 1.59. The number of hydrogen-bond donors (Lipinski definition) is 0. The van der Waals surface area contributed by atoms with Crippen LogP contribution in [-0.4, -0.2) is 53.6 Å². The Kier molecular flexibility index (Phi) is 9.69. The quantitative estimate of drug-likeness (QED) is 0.0709. The minimum absolute atomic E-state index is 0.142. The van der Waals surface area contributed by atoms with Gasteiger partial charge in [0.2, 0.25) is 12.6 Å². The fourth-order valence-corrected chi connectivity index (χ4v) is 6.02. The first kappa shape index (κ1) is 32.3. The number of ether oxygens (including phenoxy) is 2. The Labute approximate surface area is 276 Å². The number of tetrazole rings is 1. The second kappa shape index (κ2) is 14.4. The fourth-order valence-electron chi connectivity index (χ4n) is 6.02. The number of nitrogens with zero attached hydrogens (tertiary/aromatic N) is 7. The molecular formula is C34H35N7O7. The fraction of sp³-hybridized carbons (Fsp3) is 0.353. The molecule has 1 aliphatic carbocycles. The first-order chi connectivity index (χ1) is 23.3. The summed E-state index contributed by atoms with van der Waals surface area (Å²) in [7, 11) is 0. The molecule has 1 fully saturated rings. The number of carbonyl (C=O) groups excluding carboxylic acids is 2. The lowest BCUT2D eigenvalue weighted by Gasteiger charge is -2.23. The first-order valence-electron chi connectivity index (χ1n) is 15.9. The highest BCUT2D eigenvalue weighted by molar-refractivity contribution is 6.08. The molecule has 1 amide bonds. The number of hydrogen-bond acceptors (Lipinski definition) is 11. The third kappa shape index (κ3) is 7.32. The second-order valence-corrected chi connectivity index (χ2v) is 11.8. The summed E-state index contributed by atoms with van der Waals surface area (Å²) in [4.78, 5) is 48.4. The summed E-state index contributed by atoms with van der Waals surface area (Å²) in [5.41, 5.74) is 3.59. The van der Waals surface area contributed by atoms with Gasteiger partial charge in [0.05, 0.1) is 6.54 Å². The highest BCUT2D eigenvalue weighted by Gasteiger charge is 2.49. The molecular weight excluding hydrogens is 618 g/mol. The molecule has 14 nitrogen and oxygen atoms in total. The van der Waals surface area contributed by atoms with Gasteiger partial charge in [-0.05, 0) is 58.9 Å². The highest BCUT2D eigenvalue weighted by atomic mass is 16.9. The number of aromatic nitrogens is 4. The normalized spacial score (nSPS) is 15.1. The van der Waals surface area contributed by atoms with Gasteiger partial charge >= 0.3 is 6.16 Å². The standard InChI is InChI=1S/C34H35N7O7/c1-2-3-10-30-35-34(19-6-7-20-34)32(42)39(30)21-24-11-15-26(16-12-24)28-8-4-5-9-29(28)31-36-38-40(37-31)23-46-33(43)48-27-17-13-25(14-18-27)22-47-41(44)45/h4-5,8-9,11-18H,2-3,6-7,10,19-23H2,1H3. The first-order valence-corrected chi connectivity index (χ1v) is 15.9. The molecule has 0 radical (unpaired) electrons. The van der Waals surface area contributed by atoms with Crippen LogP contribution in [0, 0.1) is 10.1 Å². The third-order valence-electron chi connectivity index (χ3n) is 8.47. The van der Waals surface area contributed by atoms with Crippen LogP contribution in [-0.2, 0) is 34.3 Å². The van der Waals surface area contributed by atoms with E-state index in [1.807, 2.05) is 53.4 Å². The molecule has 1 spiro atoms. The molecule has 0 atom stereocenters. The molecule has 1 aromatic heterocycles. The van der Waals surface area contributed by atoms with Crippen LogP contribution >= 0.6 is 0 Å². The van der Waals surface area contributed by atoms with Crippen molar-refractivity contribution in [3.63, 3.8) is 0 Å². The molecule has 14 heteroatoms. The van der Waals surface area contributed by atoms with E-state index in [1.54, 1.807) is 0 Å². The van der Waals surface area contributed by atoms with Crippen molar-refractivity contribution in [1.29, 1.82) is 0 Å². The number of rotatable bonds is 13. The number of carbonyl (C=O) groups is 2. The molecule has 4 aromatic rings. The van der Waals surface area contributed by atoms with Gasteiger partial charge < -0.3 is 14.3 Å². The number of aliphatic imine (C=N–C) groups is 1. The topological polar surface area (TPSA) is 164 Å². The van der Waals surface area contributed by atoms with E-state index in [1.165, 1.54) is 24.3 Å². The second-order valence-electron chi connectivity index (χ2n) is 11.8. The maximum Gasteiger partial charge on any atom is 0.515 e. The Morgan fingerprint density at radius 2 is 1.69 bits per heavy atom. The van der Waals surface area contributed by atoms with Crippen LogP contribution in [0.5, 0.6) is 5.75 Å². The van der Waals surface area contributed by atoms with Gasteiger partial charge in [0.25, 0.3) is 11.0 Å². The summed E-state index contributed by atoms with van der Waals surface area (Å²) in [6.07, 6.45) is 5.65. The smallest absolute Gasteiger partial charge is 0.409 e. The average Bonchev–Trinajstić information content (AvgIpc) is 3.84. The summed E-state index contributed by atoms with van der Waals surface area (Å²) in [6, 6.07) is 21.8. The molecule has 0 saturated heterocycles. The van der Waals surface area contributed by atoms with Crippen LogP contribution in [0.25, 0.3) is 22.5 Å². The molecule has 3 aromatic carbocycles. The van der Waals surface area contributed by atoms with Crippen molar-refractivity contribution >= 4 is 17.9 Å². The summed E-state index contributed by atoms with van der Waals surface area (Å²) >= 11 is 0. The average molecular weight is 654 g/mol. The van der Waals surface area contributed by atoms with Crippen molar-refractivity contribution in [2.75, 3.05) is 0 Å². The van der Waals surface area contributed by atoms with E-state index >= 15 is 0 Å². The van der Waals surface area contributed by atoms with Crippen LogP contribution in [0.15, 0.2) is 77.8 Å². The van der Waals surface area contributed by atoms with Crippen molar-refractivity contribution in [2.24, 2.45) is 4.99 Å². The van der Waals surface area contributed by atoms with Gasteiger partial charge in [0.15, 0.2) is 0 Å². The molecule has 248 valence electrons. The van der Waals surface area contributed by atoms with E-state index in [4.69, 9.17) is 14.5 Å². The van der Waals surface area contributed by atoms with E-state index in [2.05, 4.69) is 27.2 Å². The molecule has 0 N–H and O–H groups in total. The molecule has 2 heterocycles. The molecule has 48 heavy (non-hydrogen) atoms. The Hall–Kier alpha value is -5.66. The van der Waals surface area contributed by atoms with Crippen molar-refractivity contribution in [3.05, 3.63) is 94.0 Å². The Morgan fingerprint density at radius 3 is 2.40 bits per heavy atom. The predicted molar refractivity (Wildman–Crippen MR) is 173 cm³/mol. The van der Waals surface area contributed by atoms with Gasteiger partial charge in [0.1, 0.15) is 23.7 Å². The van der Waals surface area contributed by atoms with Gasteiger partial charge in [-0.3, -0.25) is 14.7 Å². The van der Waals surface area contributed by atoms with Crippen LogP contribution in [0.4, 0.5) is 4.79 Å². The zero-order valence-electron chi connectivity index (χ0n) is 26.5. The lowest BCUT2D eigenvalue weighted by molar-refractivity contribution is -0.763. The van der Waals surface area contributed by atoms with Gasteiger partial charge in [0, 0.05) is 12.0 Å². The van der Waals surface area contributed by atoms with Gasteiger partial charge in [-0.2, -0.15) is 0 Å². The van der Waals surface area contributed by atoms with Crippen molar-refractivity contribution < 1.29 is 29.0 Å². The van der Waals surface area contributed by atoms with Crippen LogP contribution < -0.4 is 4.74 Å². The lowest BCUT2D eigenvalue weighted by atomic mass is 9.97.